The number of hydrogen-bond donors (Lipinski definition) is 0. The average molecular weight is 260 g/mol. The highest BCUT2D eigenvalue weighted by atomic mass is 19.2. The third-order valence-corrected chi connectivity index (χ3v) is 2.51. The molecule has 1 rings (SSSR count). The molecule has 2 nitrogen and oxygen atoms in total. The van der Waals surface area contributed by atoms with E-state index in [0.717, 1.165) is 12.1 Å². The molecule has 1 aromatic rings. The van der Waals surface area contributed by atoms with Crippen molar-refractivity contribution in [3.63, 3.8) is 0 Å². The molecule has 1 unspecified atom stereocenters. The molecule has 0 aliphatic rings. The van der Waals surface area contributed by atoms with Gasteiger partial charge in [0, 0.05) is 6.61 Å². The predicted molar refractivity (Wildman–Crippen MR) is 61.0 cm³/mol. The summed E-state index contributed by atoms with van der Waals surface area (Å²) in [7, 11) is 0. The summed E-state index contributed by atoms with van der Waals surface area (Å²) < 4.78 is 44.5. The molecular formula is C13H15F3O2. The molecule has 0 saturated heterocycles. The smallest absolute Gasteiger partial charge is 0.195 e. The van der Waals surface area contributed by atoms with E-state index < -0.39 is 34.9 Å². The topological polar surface area (TPSA) is 26.3 Å². The number of carbonyl (C=O) groups is 1. The van der Waals surface area contributed by atoms with Crippen molar-refractivity contribution < 1.29 is 22.7 Å². The van der Waals surface area contributed by atoms with Crippen molar-refractivity contribution in [3.8, 4) is 0 Å². The van der Waals surface area contributed by atoms with E-state index in [9.17, 15) is 18.0 Å². The van der Waals surface area contributed by atoms with Gasteiger partial charge in [-0.2, -0.15) is 0 Å². The van der Waals surface area contributed by atoms with Crippen molar-refractivity contribution in [2.75, 3.05) is 6.61 Å². The zero-order valence-electron chi connectivity index (χ0n) is 10.3. The van der Waals surface area contributed by atoms with Crippen LogP contribution < -0.4 is 0 Å². The Labute approximate surface area is 104 Å². The third kappa shape index (κ3) is 3.10. The summed E-state index contributed by atoms with van der Waals surface area (Å²) >= 11 is 0. The fourth-order valence-corrected chi connectivity index (χ4v) is 1.64. The molecule has 0 heterocycles. The predicted octanol–water partition coefficient (Wildman–Crippen LogP) is 3.49. The quantitative estimate of drug-likeness (QED) is 0.578. The number of benzene rings is 1. The molecule has 1 aromatic carbocycles. The second-order valence-corrected chi connectivity index (χ2v) is 3.82. The summed E-state index contributed by atoms with van der Waals surface area (Å²) in [6.07, 6.45) is 0.256. The van der Waals surface area contributed by atoms with Gasteiger partial charge in [-0.1, -0.05) is 13.3 Å². The first-order valence-electron chi connectivity index (χ1n) is 5.82. The van der Waals surface area contributed by atoms with Gasteiger partial charge in [0.05, 0.1) is 5.56 Å². The lowest BCUT2D eigenvalue weighted by atomic mass is 10.0. The number of Topliss-reactive ketones (excluding diaryl/α,β-unsaturated/α-hetero) is 1. The Balaban J connectivity index is 3.05. The summed E-state index contributed by atoms with van der Waals surface area (Å²) in [4.78, 5) is 12.0. The first-order chi connectivity index (χ1) is 8.52. The SMILES string of the molecule is CCCC(OCC)C(=O)c1ccc(F)c(F)c1F. The zero-order chi connectivity index (χ0) is 13.7. The second-order valence-electron chi connectivity index (χ2n) is 3.82. The minimum absolute atomic E-state index is 0.293. The fourth-order valence-electron chi connectivity index (χ4n) is 1.64. The van der Waals surface area contributed by atoms with Crippen LogP contribution in [0.3, 0.4) is 0 Å². The molecule has 5 heteroatoms. The van der Waals surface area contributed by atoms with Gasteiger partial charge in [-0.3, -0.25) is 4.79 Å². The maximum absolute atomic E-state index is 13.5. The molecule has 0 N–H and O–H groups in total. The highest BCUT2D eigenvalue weighted by Gasteiger charge is 2.25. The van der Waals surface area contributed by atoms with Gasteiger partial charge in [-0.25, -0.2) is 13.2 Å². The first kappa shape index (κ1) is 14.7. The monoisotopic (exact) mass is 260 g/mol. The van der Waals surface area contributed by atoms with Crippen molar-refractivity contribution in [2.45, 2.75) is 32.8 Å². The highest BCUT2D eigenvalue weighted by molar-refractivity contribution is 5.99. The van der Waals surface area contributed by atoms with E-state index in [4.69, 9.17) is 4.74 Å². The Bertz CT molecular complexity index is 426. The highest BCUT2D eigenvalue weighted by Crippen LogP contribution is 2.19. The van der Waals surface area contributed by atoms with E-state index in [1.807, 2.05) is 6.92 Å². The van der Waals surface area contributed by atoms with E-state index >= 15 is 0 Å². The van der Waals surface area contributed by atoms with E-state index in [-0.39, 0.29) is 0 Å². The van der Waals surface area contributed by atoms with Crippen LogP contribution in [0, 0.1) is 17.5 Å². The van der Waals surface area contributed by atoms with Gasteiger partial charge < -0.3 is 4.74 Å². The van der Waals surface area contributed by atoms with Crippen LogP contribution in [-0.4, -0.2) is 18.5 Å². The first-order valence-corrected chi connectivity index (χ1v) is 5.82. The molecule has 0 amide bonds. The molecule has 100 valence electrons. The van der Waals surface area contributed by atoms with E-state index in [1.54, 1.807) is 6.92 Å². The molecular weight excluding hydrogens is 245 g/mol. The summed E-state index contributed by atoms with van der Waals surface area (Å²) in [5.74, 6) is -5.06. The molecule has 0 saturated carbocycles. The molecule has 0 aliphatic carbocycles. The number of carbonyl (C=O) groups excluding carboxylic acids is 1. The lowest BCUT2D eigenvalue weighted by Gasteiger charge is -2.15. The molecule has 0 fully saturated rings. The van der Waals surface area contributed by atoms with Crippen molar-refractivity contribution in [3.05, 3.63) is 35.1 Å². The molecule has 0 bridgehead atoms. The van der Waals surface area contributed by atoms with Crippen molar-refractivity contribution in [1.29, 1.82) is 0 Å². The summed E-state index contributed by atoms with van der Waals surface area (Å²) in [6, 6.07) is 1.68. The van der Waals surface area contributed by atoms with Crippen molar-refractivity contribution >= 4 is 5.78 Å². The Morgan fingerprint density at radius 2 is 1.89 bits per heavy atom. The second kappa shape index (κ2) is 6.54. The van der Waals surface area contributed by atoms with Gasteiger partial charge in [-0.05, 0) is 25.5 Å². The van der Waals surface area contributed by atoms with Gasteiger partial charge >= 0.3 is 0 Å². The van der Waals surface area contributed by atoms with Gasteiger partial charge in [-0.15, -0.1) is 0 Å². The summed E-state index contributed by atoms with van der Waals surface area (Å²) in [5.41, 5.74) is -0.471. The Hall–Kier alpha value is -1.36. The largest absolute Gasteiger partial charge is 0.370 e. The third-order valence-electron chi connectivity index (χ3n) is 2.51. The normalized spacial score (nSPS) is 12.5. The molecule has 0 aromatic heterocycles. The van der Waals surface area contributed by atoms with Crippen LogP contribution in [0.15, 0.2) is 12.1 Å². The molecule has 0 radical (unpaired) electrons. The summed E-state index contributed by atoms with van der Waals surface area (Å²) in [5, 5.41) is 0. The minimum atomic E-state index is -1.63. The number of halogens is 3. The van der Waals surface area contributed by atoms with Crippen LogP contribution in [0.5, 0.6) is 0 Å². The van der Waals surface area contributed by atoms with Crippen molar-refractivity contribution in [2.24, 2.45) is 0 Å². The lowest BCUT2D eigenvalue weighted by molar-refractivity contribution is 0.0418. The van der Waals surface area contributed by atoms with Gasteiger partial charge in [0.2, 0.25) is 0 Å². The van der Waals surface area contributed by atoms with Gasteiger partial charge in [0.1, 0.15) is 6.10 Å². The van der Waals surface area contributed by atoms with Gasteiger partial charge in [0.25, 0.3) is 0 Å². The van der Waals surface area contributed by atoms with Crippen LogP contribution in [0.2, 0.25) is 0 Å². The van der Waals surface area contributed by atoms with Crippen LogP contribution in [0.4, 0.5) is 13.2 Å². The van der Waals surface area contributed by atoms with Crippen LogP contribution in [-0.2, 0) is 4.74 Å². The number of ether oxygens (including phenoxy) is 1. The number of hydrogen-bond acceptors (Lipinski definition) is 2. The minimum Gasteiger partial charge on any atom is -0.370 e. The fraction of sp³-hybridized carbons (Fsp3) is 0.462. The average Bonchev–Trinajstić information content (AvgIpc) is 2.35. The standard InChI is InChI=1S/C13H15F3O2/c1-3-5-10(18-4-2)13(17)8-6-7-9(14)12(16)11(8)15/h6-7,10H,3-5H2,1-2H3. The maximum Gasteiger partial charge on any atom is 0.195 e. The summed E-state index contributed by atoms with van der Waals surface area (Å²) in [6.45, 7) is 3.85. The van der Waals surface area contributed by atoms with Crippen molar-refractivity contribution in [1.82, 2.24) is 0 Å². The zero-order valence-corrected chi connectivity index (χ0v) is 10.3. The van der Waals surface area contributed by atoms with Crippen LogP contribution in [0.1, 0.15) is 37.0 Å². The van der Waals surface area contributed by atoms with Crippen LogP contribution in [0.25, 0.3) is 0 Å². The number of rotatable bonds is 6. The number of ketones is 1. The van der Waals surface area contributed by atoms with Gasteiger partial charge in [0.15, 0.2) is 23.2 Å². The van der Waals surface area contributed by atoms with E-state index in [1.165, 1.54) is 0 Å². The Morgan fingerprint density at radius 1 is 1.22 bits per heavy atom. The molecule has 18 heavy (non-hydrogen) atoms. The molecule has 1 atom stereocenters. The lowest BCUT2D eigenvalue weighted by Crippen LogP contribution is -2.25. The van der Waals surface area contributed by atoms with Crippen LogP contribution >= 0.6 is 0 Å². The maximum atomic E-state index is 13.5. The molecule has 0 aliphatic heterocycles. The molecule has 0 spiro atoms. The van der Waals surface area contributed by atoms with E-state index in [0.29, 0.717) is 19.4 Å². The Kier molecular flexibility index (Phi) is 5.34. The van der Waals surface area contributed by atoms with E-state index in [2.05, 4.69) is 0 Å². The Morgan fingerprint density at radius 3 is 2.44 bits per heavy atom.